The zero-order chi connectivity index (χ0) is 22.9. The van der Waals surface area contributed by atoms with Gasteiger partial charge in [0.1, 0.15) is 22.8 Å². The number of aromatic amines is 2. The van der Waals surface area contributed by atoms with Gasteiger partial charge in [-0.15, -0.1) is 0 Å². The number of hydrogen-bond acceptors (Lipinski definition) is 5. The predicted molar refractivity (Wildman–Crippen MR) is 130 cm³/mol. The van der Waals surface area contributed by atoms with E-state index in [1.807, 2.05) is 6.07 Å². The van der Waals surface area contributed by atoms with E-state index < -0.39 is 0 Å². The number of rotatable bonds is 2. The number of nitrogens with one attached hydrogen (secondary N) is 2. The number of H-pyrrole nitrogens is 2. The second kappa shape index (κ2) is 7.11. The lowest BCUT2D eigenvalue weighted by Crippen LogP contribution is -2.44. The number of nitrogens with two attached hydrogens (primary N) is 1. The molecule has 1 saturated heterocycles. The van der Waals surface area contributed by atoms with Gasteiger partial charge in [-0.1, -0.05) is 24.3 Å². The summed E-state index contributed by atoms with van der Waals surface area (Å²) in [6, 6.07) is 13.8. The Morgan fingerprint density at radius 1 is 1.12 bits per heavy atom. The molecule has 0 saturated carbocycles. The van der Waals surface area contributed by atoms with Crippen LogP contribution >= 0.6 is 0 Å². The molecule has 170 valence electrons. The quantitative estimate of drug-likeness (QED) is 0.366. The van der Waals surface area contributed by atoms with Gasteiger partial charge >= 0.3 is 0 Å². The number of halogens is 1. The molecule has 2 aromatic carbocycles. The molecule has 0 radical (unpaired) electrons. The van der Waals surface area contributed by atoms with Crippen LogP contribution in [0, 0.1) is 11.2 Å². The molecule has 3 aromatic heterocycles. The van der Waals surface area contributed by atoms with E-state index in [1.54, 1.807) is 18.5 Å². The van der Waals surface area contributed by atoms with Gasteiger partial charge in [-0.3, -0.25) is 5.10 Å². The van der Waals surface area contributed by atoms with Crippen LogP contribution in [0.15, 0.2) is 54.9 Å². The fraction of sp³-hybridized carbons (Fsp3) is 0.269. The second-order valence-corrected chi connectivity index (χ2v) is 9.60. The van der Waals surface area contributed by atoms with Gasteiger partial charge in [0, 0.05) is 41.8 Å². The van der Waals surface area contributed by atoms with Crippen molar-refractivity contribution in [1.82, 2.24) is 25.1 Å². The van der Waals surface area contributed by atoms with Crippen LogP contribution in [0.2, 0.25) is 0 Å². The van der Waals surface area contributed by atoms with Crippen LogP contribution in [-0.4, -0.2) is 38.2 Å². The third-order valence-electron chi connectivity index (χ3n) is 7.83. The molecule has 5 aromatic rings. The van der Waals surface area contributed by atoms with Crippen molar-refractivity contribution in [2.75, 3.05) is 18.0 Å². The number of fused-ring (bicyclic) bond motifs is 3. The van der Waals surface area contributed by atoms with Gasteiger partial charge in [-0.2, -0.15) is 5.10 Å². The van der Waals surface area contributed by atoms with Crippen LogP contribution in [0.4, 0.5) is 10.2 Å². The Bertz CT molecular complexity index is 1540. The highest BCUT2D eigenvalue weighted by atomic mass is 19.1. The molecule has 8 heteroatoms. The van der Waals surface area contributed by atoms with E-state index in [0.29, 0.717) is 22.4 Å². The van der Waals surface area contributed by atoms with E-state index in [0.717, 1.165) is 49.1 Å². The van der Waals surface area contributed by atoms with Crippen LogP contribution in [0.3, 0.4) is 0 Å². The summed E-state index contributed by atoms with van der Waals surface area (Å²) in [5.41, 5.74) is 12.3. The molecule has 4 heterocycles. The minimum absolute atomic E-state index is 0.0850. The maximum Gasteiger partial charge on any atom is 0.177 e. The third kappa shape index (κ3) is 2.81. The molecule has 1 atom stereocenters. The lowest BCUT2D eigenvalue weighted by molar-refractivity contribution is 0.187. The third-order valence-corrected chi connectivity index (χ3v) is 7.83. The van der Waals surface area contributed by atoms with Crippen molar-refractivity contribution in [2.24, 2.45) is 11.1 Å². The van der Waals surface area contributed by atoms with Gasteiger partial charge < -0.3 is 15.6 Å². The zero-order valence-electron chi connectivity index (χ0n) is 18.6. The van der Waals surface area contributed by atoms with Crippen LogP contribution < -0.4 is 10.6 Å². The summed E-state index contributed by atoms with van der Waals surface area (Å²) in [7, 11) is 0. The van der Waals surface area contributed by atoms with E-state index in [1.165, 1.54) is 17.2 Å². The molecule has 2 aliphatic rings. The highest BCUT2D eigenvalue weighted by Gasteiger charge is 2.45. The standard InChI is InChI=1S/C26H24FN7/c27-19-12-20-15(5-8-29-20)11-18(19)22-23-25(33-32-22)31-21(14-30-23)34-9-6-26(7-10-34)13-16-3-1-2-4-17(16)24(26)28/h1-5,8,11-12,14,24,29H,6-7,9-10,13,28H2,(H,31,32,33)/t24-/m1/s1. The van der Waals surface area contributed by atoms with Crippen LogP contribution in [0.5, 0.6) is 0 Å². The molecule has 7 rings (SSSR count). The predicted octanol–water partition coefficient (Wildman–Crippen LogP) is 4.48. The lowest BCUT2D eigenvalue weighted by Gasteiger charge is -2.42. The second-order valence-electron chi connectivity index (χ2n) is 9.60. The fourth-order valence-electron chi connectivity index (χ4n) is 5.88. The first-order valence-electron chi connectivity index (χ1n) is 11.7. The molecule has 0 unspecified atom stereocenters. The lowest BCUT2D eigenvalue weighted by atomic mass is 9.73. The summed E-state index contributed by atoms with van der Waals surface area (Å²) >= 11 is 0. The summed E-state index contributed by atoms with van der Waals surface area (Å²) in [5, 5.41) is 8.24. The molecule has 4 N–H and O–H groups in total. The molecule has 0 bridgehead atoms. The number of hydrogen-bond donors (Lipinski definition) is 3. The van der Waals surface area contributed by atoms with E-state index in [-0.39, 0.29) is 17.3 Å². The van der Waals surface area contributed by atoms with E-state index in [9.17, 15) is 4.39 Å². The smallest absolute Gasteiger partial charge is 0.177 e. The SMILES string of the molecule is N[C@@H]1c2ccccc2CC12CCN(c1cnc3c(-c4cc5cc[nH]c5cc4F)n[nH]c3n1)CC2. The van der Waals surface area contributed by atoms with Gasteiger partial charge in [0.15, 0.2) is 5.65 Å². The van der Waals surface area contributed by atoms with Gasteiger partial charge in [-0.05, 0) is 54.0 Å². The summed E-state index contributed by atoms with van der Waals surface area (Å²) in [5.74, 6) is 0.465. The van der Waals surface area contributed by atoms with Crippen LogP contribution in [-0.2, 0) is 6.42 Å². The first kappa shape index (κ1) is 19.7. The number of benzene rings is 2. The van der Waals surface area contributed by atoms with Crippen molar-refractivity contribution in [2.45, 2.75) is 25.3 Å². The molecule has 7 nitrogen and oxygen atoms in total. The summed E-state index contributed by atoms with van der Waals surface area (Å²) < 4.78 is 14.8. The van der Waals surface area contributed by atoms with Crippen molar-refractivity contribution >= 4 is 27.9 Å². The first-order valence-corrected chi connectivity index (χ1v) is 11.7. The monoisotopic (exact) mass is 453 g/mol. The van der Waals surface area contributed by atoms with Crippen molar-refractivity contribution in [3.8, 4) is 11.3 Å². The highest BCUT2D eigenvalue weighted by Crippen LogP contribution is 2.50. The fourth-order valence-corrected chi connectivity index (χ4v) is 5.88. The van der Waals surface area contributed by atoms with Crippen molar-refractivity contribution < 1.29 is 4.39 Å². The van der Waals surface area contributed by atoms with E-state index >= 15 is 0 Å². The average Bonchev–Trinajstić information content (AvgIpc) is 3.55. The van der Waals surface area contributed by atoms with Gasteiger partial charge in [0.2, 0.25) is 0 Å². The molecular weight excluding hydrogens is 429 g/mol. The average molecular weight is 454 g/mol. The summed E-state index contributed by atoms with van der Waals surface area (Å²) in [4.78, 5) is 14.7. The van der Waals surface area contributed by atoms with E-state index in [2.05, 4.69) is 49.3 Å². The largest absolute Gasteiger partial charge is 0.361 e. The summed E-state index contributed by atoms with van der Waals surface area (Å²) in [6.45, 7) is 1.75. The number of nitrogens with zero attached hydrogens (tertiary/aromatic N) is 4. The Morgan fingerprint density at radius 2 is 1.97 bits per heavy atom. The van der Waals surface area contributed by atoms with Gasteiger partial charge in [0.25, 0.3) is 0 Å². The van der Waals surface area contributed by atoms with Gasteiger partial charge in [-0.25, -0.2) is 14.4 Å². The topological polar surface area (TPSA) is 99.5 Å². The highest BCUT2D eigenvalue weighted by molar-refractivity contribution is 5.92. The molecule has 1 aliphatic heterocycles. The molecule has 34 heavy (non-hydrogen) atoms. The molecule has 1 fully saturated rings. The van der Waals surface area contributed by atoms with Crippen LogP contribution in [0.25, 0.3) is 33.3 Å². The number of piperidine rings is 1. The molecular formula is C26H24FN7. The minimum atomic E-state index is -0.343. The Labute approximate surface area is 195 Å². The number of aromatic nitrogens is 5. The zero-order valence-corrected chi connectivity index (χ0v) is 18.6. The Hall–Kier alpha value is -3.78. The molecule has 1 spiro atoms. The van der Waals surface area contributed by atoms with Crippen molar-refractivity contribution in [1.29, 1.82) is 0 Å². The Morgan fingerprint density at radius 3 is 2.82 bits per heavy atom. The molecule has 1 aliphatic carbocycles. The maximum absolute atomic E-state index is 14.8. The Balaban J connectivity index is 1.16. The number of anilines is 1. The minimum Gasteiger partial charge on any atom is -0.361 e. The van der Waals surface area contributed by atoms with Gasteiger partial charge in [0.05, 0.1) is 6.20 Å². The summed E-state index contributed by atoms with van der Waals surface area (Å²) in [6.07, 6.45) is 6.64. The normalized spacial score (nSPS) is 19.4. The first-order chi connectivity index (χ1) is 16.6. The van der Waals surface area contributed by atoms with Crippen molar-refractivity contribution in [3.05, 3.63) is 71.8 Å². The Kier molecular flexibility index (Phi) is 4.11. The van der Waals surface area contributed by atoms with E-state index in [4.69, 9.17) is 10.7 Å². The molecule has 0 amide bonds. The van der Waals surface area contributed by atoms with Crippen LogP contribution in [0.1, 0.15) is 30.0 Å². The maximum atomic E-state index is 14.8. The van der Waals surface area contributed by atoms with Crippen molar-refractivity contribution in [3.63, 3.8) is 0 Å².